The number of ether oxygens (including phenoxy) is 1. The van der Waals surface area contributed by atoms with Gasteiger partial charge >= 0.3 is 0 Å². The van der Waals surface area contributed by atoms with E-state index in [0.29, 0.717) is 11.6 Å². The average Bonchev–Trinajstić information content (AvgIpc) is 3.43. The number of hydrogen-bond donors (Lipinski definition) is 2. The van der Waals surface area contributed by atoms with Crippen molar-refractivity contribution in [1.29, 1.82) is 0 Å². The molecule has 1 fully saturated rings. The smallest absolute Gasteiger partial charge is 0.166 e. The predicted molar refractivity (Wildman–Crippen MR) is 114 cm³/mol. The van der Waals surface area contributed by atoms with E-state index in [4.69, 9.17) is 15.6 Å². The minimum absolute atomic E-state index is 0. The fraction of sp³-hybridized carbons (Fsp3) is 0.381. The average molecular weight is 413 g/mol. The molecule has 2 atom stereocenters. The maximum Gasteiger partial charge on any atom is 0.166 e. The lowest BCUT2D eigenvalue weighted by Crippen LogP contribution is -2.25. The first kappa shape index (κ1) is 19.7. The molecule has 5 rings (SSSR count). The highest BCUT2D eigenvalue weighted by Crippen LogP contribution is 2.41. The molecule has 8 heteroatoms. The number of aromatic nitrogens is 4. The largest absolute Gasteiger partial charge is 0.482 e. The Balaban J connectivity index is 0.00000205. The van der Waals surface area contributed by atoms with Crippen molar-refractivity contribution in [3.05, 3.63) is 54.1 Å². The van der Waals surface area contributed by atoms with Crippen LogP contribution in [0.1, 0.15) is 37.1 Å². The molecule has 5 heterocycles. The molecule has 2 aliphatic heterocycles. The van der Waals surface area contributed by atoms with Gasteiger partial charge in [0.05, 0.1) is 5.69 Å². The predicted octanol–water partition coefficient (Wildman–Crippen LogP) is 3.12. The fourth-order valence-electron chi connectivity index (χ4n) is 4.36. The molecule has 0 amide bonds. The zero-order chi connectivity index (χ0) is 19.1. The Morgan fingerprint density at radius 1 is 1.24 bits per heavy atom. The maximum absolute atomic E-state index is 6.10. The van der Waals surface area contributed by atoms with Crippen molar-refractivity contribution in [2.75, 3.05) is 18.8 Å². The van der Waals surface area contributed by atoms with Gasteiger partial charge in [0.25, 0.3) is 0 Å². The Morgan fingerprint density at radius 3 is 2.83 bits per heavy atom. The van der Waals surface area contributed by atoms with Gasteiger partial charge in [-0.05, 0) is 56.1 Å². The number of nitrogens with two attached hydrogens (primary N) is 1. The molecule has 3 N–H and O–H groups in total. The lowest BCUT2D eigenvalue weighted by Gasteiger charge is -2.20. The van der Waals surface area contributed by atoms with E-state index in [2.05, 4.69) is 26.0 Å². The van der Waals surface area contributed by atoms with Crippen LogP contribution in [0.3, 0.4) is 0 Å². The number of fused-ring (bicyclic) bond motifs is 2. The van der Waals surface area contributed by atoms with Crippen LogP contribution in [0.25, 0.3) is 11.3 Å². The highest BCUT2D eigenvalue weighted by atomic mass is 35.5. The number of anilines is 1. The quantitative estimate of drug-likeness (QED) is 0.684. The summed E-state index contributed by atoms with van der Waals surface area (Å²) in [6.45, 7) is 5.08. The first-order chi connectivity index (χ1) is 13.6. The van der Waals surface area contributed by atoms with Crippen LogP contribution in [0.5, 0.6) is 5.75 Å². The van der Waals surface area contributed by atoms with Crippen LogP contribution in [-0.4, -0.2) is 32.8 Å². The van der Waals surface area contributed by atoms with Crippen LogP contribution in [-0.2, 0) is 12.0 Å². The summed E-state index contributed by atoms with van der Waals surface area (Å²) in [6, 6.07) is 8.03. The van der Waals surface area contributed by atoms with E-state index < -0.39 is 0 Å². The lowest BCUT2D eigenvalue weighted by molar-refractivity contribution is 0.227. The Bertz CT molecular complexity index is 1000. The molecule has 7 nitrogen and oxygen atoms in total. The third-order valence-corrected chi connectivity index (χ3v) is 6.03. The van der Waals surface area contributed by atoms with Crippen molar-refractivity contribution in [2.24, 2.45) is 0 Å². The highest BCUT2D eigenvalue weighted by molar-refractivity contribution is 5.85. The monoisotopic (exact) mass is 412 g/mol. The summed E-state index contributed by atoms with van der Waals surface area (Å²) in [5.41, 5.74) is 10.5. The summed E-state index contributed by atoms with van der Waals surface area (Å²) in [6.07, 6.45) is 7.48. The summed E-state index contributed by atoms with van der Waals surface area (Å²) in [7, 11) is 0. The van der Waals surface area contributed by atoms with Crippen molar-refractivity contribution < 1.29 is 4.74 Å². The van der Waals surface area contributed by atoms with E-state index in [9.17, 15) is 0 Å². The van der Waals surface area contributed by atoms with Crippen molar-refractivity contribution in [1.82, 2.24) is 25.1 Å². The number of nitrogen functional groups attached to an aromatic ring is 1. The van der Waals surface area contributed by atoms with Crippen LogP contribution in [0.15, 0.2) is 42.9 Å². The van der Waals surface area contributed by atoms with Gasteiger partial charge in [0.2, 0.25) is 0 Å². The van der Waals surface area contributed by atoms with E-state index in [-0.39, 0.29) is 23.9 Å². The molecule has 0 radical (unpaired) electrons. The van der Waals surface area contributed by atoms with Gasteiger partial charge in [0, 0.05) is 48.4 Å². The number of pyridine rings is 2. The Morgan fingerprint density at radius 2 is 2.07 bits per heavy atom. The third kappa shape index (κ3) is 3.45. The van der Waals surface area contributed by atoms with E-state index in [1.54, 1.807) is 18.6 Å². The van der Waals surface area contributed by atoms with Crippen LogP contribution in [0.4, 0.5) is 5.82 Å². The number of halogens is 1. The molecule has 2 unspecified atom stereocenters. The minimum atomic E-state index is -0.151. The molecule has 2 aliphatic rings. The van der Waals surface area contributed by atoms with Crippen molar-refractivity contribution in [3.63, 3.8) is 0 Å². The summed E-state index contributed by atoms with van der Waals surface area (Å²) < 4.78 is 8.26. The molecule has 0 aromatic carbocycles. The van der Waals surface area contributed by atoms with E-state index >= 15 is 0 Å². The van der Waals surface area contributed by atoms with Gasteiger partial charge in [-0.25, -0.2) is 4.98 Å². The van der Waals surface area contributed by atoms with Crippen LogP contribution >= 0.6 is 12.4 Å². The van der Waals surface area contributed by atoms with Gasteiger partial charge in [-0.15, -0.1) is 12.4 Å². The normalized spacial score (nSPS) is 21.0. The summed E-state index contributed by atoms with van der Waals surface area (Å²) in [5.74, 6) is 0.958. The van der Waals surface area contributed by atoms with Crippen molar-refractivity contribution in [2.45, 2.75) is 37.8 Å². The summed E-state index contributed by atoms with van der Waals surface area (Å²) in [5, 5.41) is 8.34. The minimum Gasteiger partial charge on any atom is -0.482 e. The van der Waals surface area contributed by atoms with E-state index in [0.717, 1.165) is 36.5 Å². The first-order valence-electron chi connectivity index (χ1n) is 9.76. The molecular weight excluding hydrogens is 388 g/mol. The third-order valence-electron chi connectivity index (χ3n) is 6.03. The molecule has 152 valence electrons. The second kappa shape index (κ2) is 7.65. The van der Waals surface area contributed by atoms with Gasteiger partial charge < -0.3 is 15.8 Å². The van der Waals surface area contributed by atoms with Crippen molar-refractivity contribution in [3.8, 4) is 17.0 Å². The van der Waals surface area contributed by atoms with E-state index in [1.165, 1.54) is 18.5 Å². The molecule has 0 aliphatic carbocycles. The number of nitrogens with zero attached hydrogens (tertiary/aromatic N) is 4. The molecule has 3 aromatic heterocycles. The number of nitrogens with one attached hydrogen (secondary N) is 1. The second-order valence-corrected chi connectivity index (χ2v) is 7.74. The van der Waals surface area contributed by atoms with Crippen LogP contribution < -0.4 is 15.8 Å². The Hall–Kier alpha value is -2.64. The fourth-order valence-corrected chi connectivity index (χ4v) is 4.36. The molecule has 3 aromatic rings. The van der Waals surface area contributed by atoms with Crippen molar-refractivity contribution >= 4 is 18.2 Å². The van der Waals surface area contributed by atoms with Crippen LogP contribution in [0, 0.1) is 0 Å². The Kier molecular flexibility index (Phi) is 5.19. The molecule has 0 bridgehead atoms. The lowest BCUT2D eigenvalue weighted by atomic mass is 9.82. The molecule has 0 saturated carbocycles. The van der Waals surface area contributed by atoms with Gasteiger partial charge in [-0.1, -0.05) is 0 Å². The summed E-state index contributed by atoms with van der Waals surface area (Å²) in [4.78, 5) is 8.41. The number of aryl methyl sites for hydroxylation is 1. The molecular formula is C21H25ClN6O. The molecule has 1 saturated heterocycles. The van der Waals surface area contributed by atoms with Gasteiger partial charge in [-0.3, -0.25) is 9.67 Å². The topological polar surface area (TPSA) is 90.9 Å². The SMILES string of the molecule is CC(Oc1cc(-c2cc3n(n2)CCC32CCNC2)cnc1N)c1ccncc1.Cl. The van der Waals surface area contributed by atoms with Gasteiger partial charge in [-0.2, -0.15) is 5.10 Å². The van der Waals surface area contributed by atoms with Crippen LogP contribution in [0.2, 0.25) is 0 Å². The maximum atomic E-state index is 6.10. The second-order valence-electron chi connectivity index (χ2n) is 7.74. The zero-order valence-electron chi connectivity index (χ0n) is 16.3. The number of hydrogen-bond acceptors (Lipinski definition) is 6. The highest BCUT2D eigenvalue weighted by Gasteiger charge is 2.42. The molecule has 29 heavy (non-hydrogen) atoms. The Labute approximate surface area is 176 Å². The van der Waals surface area contributed by atoms with Gasteiger partial charge in [0.1, 0.15) is 6.10 Å². The first-order valence-corrected chi connectivity index (χ1v) is 9.76. The zero-order valence-corrected chi connectivity index (χ0v) is 17.2. The number of rotatable bonds is 4. The summed E-state index contributed by atoms with van der Waals surface area (Å²) >= 11 is 0. The molecule has 1 spiro atoms. The van der Waals surface area contributed by atoms with E-state index in [1.807, 2.05) is 25.1 Å². The standard InChI is InChI=1S/C21H24N6O.ClH/c1-14(15-2-6-23-7-3-15)28-18-10-16(12-25-20(18)22)17-11-19-21(4-8-24-13-21)5-9-27(19)26-17;/h2-3,6-7,10-12,14,24H,4-5,8-9,13H2,1H3,(H2,22,25);1H. The van der Waals surface area contributed by atoms with Gasteiger partial charge in [0.15, 0.2) is 11.6 Å².